The van der Waals surface area contributed by atoms with Gasteiger partial charge < -0.3 is 8.92 Å². The SMILES string of the molecule is FC(F)(F)c1ccc(-c2ccc3c(c2)OSN(Cc2ncc(Cl)cn2)CCO3)cc1. The van der Waals surface area contributed by atoms with Gasteiger partial charge >= 0.3 is 6.18 Å². The van der Waals surface area contributed by atoms with Crippen LogP contribution in [0.15, 0.2) is 54.9 Å². The molecule has 0 unspecified atom stereocenters. The Kier molecular flexibility index (Phi) is 6.03. The lowest BCUT2D eigenvalue weighted by Gasteiger charge is -2.23. The topological polar surface area (TPSA) is 47.5 Å². The standard InChI is InChI=1S/C20H15ClF3N3O2S/c21-16-10-25-19(26-11-16)12-27-7-8-28-17-6-3-14(9-18(17)29-30-27)13-1-4-15(5-2-13)20(22,23)24/h1-6,9-11H,7-8,12H2. The second-order valence-electron chi connectivity index (χ2n) is 6.42. The number of aromatic nitrogens is 2. The molecule has 0 atom stereocenters. The summed E-state index contributed by atoms with van der Waals surface area (Å²) < 4.78 is 51.9. The fourth-order valence-corrected chi connectivity index (χ4v) is 3.53. The van der Waals surface area contributed by atoms with E-state index in [-0.39, 0.29) is 0 Å². The van der Waals surface area contributed by atoms with Crippen molar-refractivity contribution >= 4 is 23.8 Å². The summed E-state index contributed by atoms with van der Waals surface area (Å²) in [7, 11) is 0. The second kappa shape index (κ2) is 8.71. The molecule has 5 nitrogen and oxygen atoms in total. The summed E-state index contributed by atoms with van der Waals surface area (Å²) in [4.78, 5) is 8.35. The van der Waals surface area contributed by atoms with Crippen molar-refractivity contribution < 1.29 is 22.1 Å². The number of ether oxygens (including phenoxy) is 1. The van der Waals surface area contributed by atoms with Gasteiger partial charge in [0.1, 0.15) is 24.7 Å². The fourth-order valence-electron chi connectivity index (χ4n) is 2.80. The highest BCUT2D eigenvalue weighted by molar-refractivity contribution is 7.92. The molecule has 30 heavy (non-hydrogen) atoms. The summed E-state index contributed by atoms with van der Waals surface area (Å²) in [6, 6.07) is 10.3. The minimum Gasteiger partial charge on any atom is -0.488 e. The van der Waals surface area contributed by atoms with Crippen LogP contribution in [-0.2, 0) is 12.7 Å². The average molecular weight is 454 g/mol. The van der Waals surface area contributed by atoms with E-state index in [1.54, 1.807) is 18.2 Å². The minimum atomic E-state index is -4.37. The van der Waals surface area contributed by atoms with E-state index in [1.807, 2.05) is 4.31 Å². The molecule has 3 aromatic rings. The van der Waals surface area contributed by atoms with E-state index in [2.05, 4.69) is 9.97 Å². The molecule has 0 fully saturated rings. The van der Waals surface area contributed by atoms with Gasteiger partial charge in [-0.1, -0.05) is 29.8 Å². The Hall–Kier alpha value is -2.49. The van der Waals surface area contributed by atoms with E-state index in [0.717, 1.165) is 29.9 Å². The van der Waals surface area contributed by atoms with Gasteiger partial charge in [0.2, 0.25) is 0 Å². The number of hydrogen-bond acceptors (Lipinski definition) is 6. The van der Waals surface area contributed by atoms with E-state index >= 15 is 0 Å². The lowest BCUT2D eigenvalue weighted by atomic mass is 10.0. The average Bonchev–Trinajstić information content (AvgIpc) is 2.71. The van der Waals surface area contributed by atoms with E-state index in [1.165, 1.54) is 24.5 Å². The van der Waals surface area contributed by atoms with Gasteiger partial charge in [-0.25, -0.2) is 14.3 Å². The maximum Gasteiger partial charge on any atom is 0.416 e. The fraction of sp³-hybridized carbons (Fsp3) is 0.200. The van der Waals surface area contributed by atoms with Crippen LogP contribution in [0.5, 0.6) is 11.5 Å². The molecule has 0 bridgehead atoms. The molecule has 1 aliphatic rings. The quantitative estimate of drug-likeness (QED) is 0.377. The number of alkyl halides is 3. The number of nitrogens with zero attached hydrogens (tertiary/aromatic N) is 3. The normalized spacial score (nSPS) is 14.8. The molecule has 0 spiro atoms. The van der Waals surface area contributed by atoms with Crippen LogP contribution >= 0.6 is 23.8 Å². The Balaban J connectivity index is 1.49. The van der Waals surface area contributed by atoms with Crippen molar-refractivity contribution in [3.8, 4) is 22.6 Å². The Morgan fingerprint density at radius 1 is 1.00 bits per heavy atom. The van der Waals surface area contributed by atoms with Crippen molar-refractivity contribution in [3.63, 3.8) is 0 Å². The summed E-state index contributed by atoms with van der Waals surface area (Å²) in [6.07, 6.45) is -1.31. The van der Waals surface area contributed by atoms with Crippen LogP contribution in [0.4, 0.5) is 13.2 Å². The Labute approximate surface area is 180 Å². The molecule has 0 amide bonds. The molecule has 156 valence electrons. The van der Waals surface area contributed by atoms with Crippen molar-refractivity contribution in [2.24, 2.45) is 0 Å². The maximum atomic E-state index is 12.8. The number of halogens is 4. The highest BCUT2D eigenvalue weighted by Crippen LogP contribution is 2.37. The molecule has 10 heteroatoms. The van der Waals surface area contributed by atoms with Crippen LogP contribution in [0.25, 0.3) is 11.1 Å². The highest BCUT2D eigenvalue weighted by atomic mass is 35.5. The molecule has 1 aromatic heterocycles. The molecular weight excluding hydrogens is 439 g/mol. The highest BCUT2D eigenvalue weighted by Gasteiger charge is 2.30. The predicted molar refractivity (Wildman–Crippen MR) is 108 cm³/mol. The number of rotatable bonds is 3. The van der Waals surface area contributed by atoms with Crippen LogP contribution < -0.4 is 8.92 Å². The van der Waals surface area contributed by atoms with E-state index in [9.17, 15) is 13.2 Å². The molecule has 2 aromatic carbocycles. The minimum absolute atomic E-state index is 0.427. The summed E-state index contributed by atoms with van der Waals surface area (Å²) in [5.41, 5.74) is 0.681. The van der Waals surface area contributed by atoms with Gasteiger partial charge in [0, 0.05) is 18.9 Å². The van der Waals surface area contributed by atoms with Crippen molar-refractivity contribution in [3.05, 3.63) is 71.3 Å². The zero-order valence-corrected chi connectivity index (χ0v) is 17.0. The molecule has 2 heterocycles. The third-order valence-electron chi connectivity index (χ3n) is 4.31. The van der Waals surface area contributed by atoms with Gasteiger partial charge in [0.25, 0.3) is 0 Å². The summed E-state index contributed by atoms with van der Waals surface area (Å²) >= 11 is 6.95. The van der Waals surface area contributed by atoms with E-state index < -0.39 is 11.7 Å². The molecule has 4 rings (SSSR count). The van der Waals surface area contributed by atoms with E-state index in [0.29, 0.717) is 47.6 Å². The molecular formula is C20H15ClF3N3O2S. The largest absolute Gasteiger partial charge is 0.488 e. The third-order valence-corrected chi connectivity index (χ3v) is 5.28. The van der Waals surface area contributed by atoms with Crippen molar-refractivity contribution in [2.45, 2.75) is 12.7 Å². The smallest absolute Gasteiger partial charge is 0.416 e. The maximum absolute atomic E-state index is 12.8. The van der Waals surface area contributed by atoms with Crippen LogP contribution in [-0.4, -0.2) is 27.4 Å². The number of hydrogen-bond donors (Lipinski definition) is 0. The van der Waals surface area contributed by atoms with Gasteiger partial charge in [0.05, 0.1) is 17.1 Å². The molecule has 0 saturated carbocycles. The van der Waals surface area contributed by atoms with Gasteiger partial charge in [-0.2, -0.15) is 13.2 Å². The first kappa shape index (κ1) is 20.8. The van der Waals surface area contributed by atoms with Crippen molar-refractivity contribution in [1.82, 2.24) is 14.3 Å². The first-order valence-electron chi connectivity index (χ1n) is 8.89. The van der Waals surface area contributed by atoms with Gasteiger partial charge in [-0.15, -0.1) is 0 Å². The van der Waals surface area contributed by atoms with Crippen molar-refractivity contribution in [2.75, 3.05) is 13.2 Å². The lowest BCUT2D eigenvalue weighted by molar-refractivity contribution is -0.137. The summed E-state index contributed by atoms with van der Waals surface area (Å²) in [6.45, 7) is 1.44. The Bertz CT molecular complexity index is 1020. The first-order chi connectivity index (χ1) is 14.4. The Morgan fingerprint density at radius 3 is 2.40 bits per heavy atom. The van der Waals surface area contributed by atoms with Crippen LogP contribution in [0.2, 0.25) is 5.02 Å². The number of fused-ring (bicyclic) bond motifs is 1. The Morgan fingerprint density at radius 2 is 1.70 bits per heavy atom. The van der Waals surface area contributed by atoms with Crippen LogP contribution in [0.1, 0.15) is 11.4 Å². The van der Waals surface area contributed by atoms with Crippen molar-refractivity contribution in [1.29, 1.82) is 0 Å². The van der Waals surface area contributed by atoms with Gasteiger partial charge in [0.15, 0.2) is 11.5 Å². The molecule has 0 radical (unpaired) electrons. The molecule has 0 aliphatic carbocycles. The first-order valence-corrected chi connectivity index (χ1v) is 9.96. The molecule has 0 saturated heterocycles. The number of benzene rings is 2. The van der Waals surface area contributed by atoms with Crippen LogP contribution in [0, 0.1) is 0 Å². The van der Waals surface area contributed by atoms with Gasteiger partial charge in [-0.05, 0) is 35.4 Å². The molecule has 1 aliphatic heterocycles. The van der Waals surface area contributed by atoms with Gasteiger partial charge in [-0.3, -0.25) is 0 Å². The monoisotopic (exact) mass is 453 g/mol. The zero-order chi connectivity index (χ0) is 21.1. The predicted octanol–water partition coefficient (Wildman–Crippen LogP) is 5.65. The zero-order valence-electron chi connectivity index (χ0n) is 15.4. The van der Waals surface area contributed by atoms with E-state index in [4.69, 9.17) is 20.5 Å². The lowest BCUT2D eigenvalue weighted by Crippen LogP contribution is -2.25. The third kappa shape index (κ3) is 4.97. The molecule has 0 N–H and O–H groups in total. The summed E-state index contributed by atoms with van der Waals surface area (Å²) in [5.74, 6) is 1.65. The second-order valence-corrected chi connectivity index (χ2v) is 7.69. The van der Waals surface area contributed by atoms with Crippen LogP contribution in [0.3, 0.4) is 0 Å². The summed E-state index contributed by atoms with van der Waals surface area (Å²) in [5, 5.41) is 0.461.